The van der Waals surface area contributed by atoms with Gasteiger partial charge >= 0.3 is 0 Å². The van der Waals surface area contributed by atoms with Crippen LogP contribution >= 0.6 is 11.6 Å². The third-order valence-corrected chi connectivity index (χ3v) is 5.52. The molecule has 18 heavy (non-hydrogen) atoms. The summed E-state index contributed by atoms with van der Waals surface area (Å²) in [7, 11) is -3.50. The molecule has 0 amide bonds. The van der Waals surface area contributed by atoms with E-state index in [-0.39, 0.29) is 17.4 Å². The lowest BCUT2D eigenvalue weighted by Crippen LogP contribution is -2.29. The summed E-state index contributed by atoms with van der Waals surface area (Å²) in [5.74, 6) is 0.0410. The zero-order chi connectivity index (χ0) is 13.3. The molecule has 1 heterocycles. The van der Waals surface area contributed by atoms with Crippen molar-refractivity contribution in [1.29, 1.82) is 0 Å². The highest BCUT2D eigenvalue weighted by molar-refractivity contribution is 7.89. The second-order valence-electron chi connectivity index (χ2n) is 4.61. The zero-order valence-corrected chi connectivity index (χ0v) is 11.7. The number of aliphatic hydroxyl groups is 1. The van der Waals surface area contributed by atoms with E-state index in [0.717, 1.165) is 0 Å². The highest BCUT2D eigenvalue weighted by Crippen LogP contribution is 2.27. The molecule has 1 aromatic rings. The molecule has 4 nitrogen and oxygen atoms in total. The van der Waals surface area contributed by atoms with Crippen LogP contribution in [-0.4, -0.2) is 37.5 Å². The van der Waals surface area contributed by atoms with Gasteiger partial charge in [-0.2, -0.15) is 4.31 Å². The average molecular weight is 290 g/mol. The summed E-state index contributed by atoms with van der Waals surface area (Å²) in [6.07, 6.45) is 0.704. The normalized spacial score (nSPS) is 21.4. The fourth-order valence-electron chi connectivity index (χ4n) is 2.16. The molecule has 100 valence electrons. The van der Waals surface area contributed by atoms with Gasteiger partial charge in [0.25, 0.3) is 0 Å². The number of benzene rings is 1. The second kappa shape index (κ2) is 5.17. The fourth-order valence-corrected chi connectivity index (χ4v) is 4.17. The van der Waals surface area contributed by atoms with Crippen molar-refractivity contribution in [3.63, 3.8) is 0 Å². The van der Waals surface area contributed by atoms with Gasteiger partial charge in [-0.1, -0.05) is 17.7 Å². The van der Waals surface area contributed by atoms with Gasteiger partial charge in [-0.25, -0.2) is 8.42 Å². The first-order valence-corrected chi connectivity index (χ1v) is 7.64. The zero-order valence-electron chi connectivity index (χ0n) is 10.1. The predicted octanol–water partition coefficient (Wildman–Crippen LogP) is 1.65. The highest BCUT2D eigenvalue weighted by atomic mass is 35.5. The van der Waals surface area contributed by atoms with Crippen molar-refractivity contribution in [1.82, 2.24) is 4.31 Å². The molecule has 1 aromatic carbocycles. The lowest BCUT2D eigenvalue weighted by molar-refractivity contribution is 0.233. The summed E-state index contributed by atoms with van der Waals surface area (Å²) < 4.78 is 26.3. The van der Waals surface area contributed by atoms with Crippen molar-refractivity contribution in [2.24, 2.45) is 5.92 Å². The van der Waals surface area contributed by atoms with Crippen molar-refractivity contribution in [2.45, 2.75) is 18.2 Å². The molecular weight excluding hydrogens is 274 g/mol. The lowest BCUT2D eigenvalue weighted by Gasteiger charge is -2.18. The third kappa shape index (κ3) is 2.54. The number of nitrogens with zero attached hydrogens (tertiary/aromatic N) is 1. The van der Waals surface area contributed by atoms with Crippen molar-refractivity contribution >= 4 is 21.6 Å². The Morgan fingerprint density at radius 2 is 2.22 bits per heavy atom. The average Bonchev–Trinajstić information content (AvgIpc) is 2.81. The number of hydrogen-bond acceptors (Lipinski definition) is 3. The number of aryl methyl sites for hydroxylation is 1. The number of hydrogen-bond donors (Lipinski definition) is 1. The minimum absolute atomic E-state index is 0.0283. The topological polar surface area (TPSA) is 57.6 Å². The summed E-state index contributed by atoms with van der Waals surface area (Å²) >= 11 is 5.86. The molecule has 1 N–H and O–H groups in total. The minimum atomic E-state index is -3.50. The van der Waals surface area contributed by atoms with E-state index in [4.69, 9.17) is 16.7 Å². The Kier molecular flexibility index (Phi) is 3.96. The maximum Gasteiger partial charge on any atom is 0.243 e. The van der Waals surface area contributed by atoms with Crippen molar-refractivity contribution in [2.75, 3.05) is 19.7 Å². The quantitative estimate of drug-likeness (QED) is 0.920. The lowest BCUT2D eigenvalue weighted by atomic mass is 10.1. The van der Waals surface area contributed by atoms with Gasteiger partial charge in [-0.05, 0) is 37.0 Å². The minimum Gasteiger partial charge on any atom is -0.396 e. The Morgan fingerprint density at radius 1 is 1.50 bits per heavy atom. The van der Waals surface area contributed by atoms with Gasteiger partial charge in [0, 0.05) is 24.7 Å². The van der Waals surface area contributed by atoms with Crippen LogP contribution in [0.3, 0.4) is 0 Å². The van der Waals surface area contributed by atoms with Gasteiger partial charge in [0.1, 0.15) is 0 Å². The van der Waals surface area contributed by atoms with Crippen molar-refractivity contribution < 1.29 is 13.5 Å². The first kappa shape index (κ1) is 13.8. The Balaban J connectivity index is 2.34. The molecule has 0 aromatic heterocycles. The van der Waals surface area contributed by atoms with E-state index in [0.29, 0.717) is 30.1 Å². The molecule has 0 spiro atoms. The van der Waals surface area contributed by atoms with Crippen LogP contribution in [0.4, 0.5) is 0 Å². The molecule has 6 heteroatoms. The molecular formula is C12H16ClNO3S. The first-order valence-electron chi connectivity index (χ1n) is 5.82. The van der Waals surface area contributed by atoms with Crippen LogP contribution in [0.15, 0.2) is 23.1 Å². The summed E-state index contributed by atoms with van der Waals surface area (Å²) in [4.78, 5) is 0.258. The summed E-state index contributed by atoms with van der Waals surface area (Å²) in [6, 6.07) is 4.86. The molecule has 1 aliphatic heterocycles. The monoisotopic (exact) mass is 289 g/mol. The molecule has 0 radical (unpaired) electrons. The van der Waals surface area contributed by atoms with Crippen LogP contribution in [0.5, 0.6) is 0 Å². The van der Waals surface area contributed by atoms with Gasteiger partial charge in [0.2, 0.25) is 10.0 Å². The van der Waals surface area contributed by atoms with E-state index < -0.39 is 10.0 Å². The van der Waals surface area contributed by atoms with Crippen LogP contribution in [0.1, 0.15) is 12.0 Å². The highest BCUT2D eigenvalue weighted by Gasteiger charge is 2.33. The van der Waals surface area contributed by atoms with E-state index >= 15 is 0 Å². The molecule has 1 saturated heterocycles. The molecule has 1 fully saturated rings. The van der Waals surface area contributed by atoms with E-state index in [1.807, 2.05) is 0 Å². The molecule has 1 unspecified atom stereocenters. The molecule has 0 aliphatic carbocycles. The second-order valence-corrected chi connectivity index (χ2v) is 6.95. The number of sulfonamides is 1. The number of aliphatic hydroxyl groups excluding tert-OH is 1. The predicted molar refractivity (Wildman–Crippen MR) is 70.1 cm³/mol. The van der Waals surface area contributed by atoms with E-state index in [2.05, 4.69) is 0 Å². The maximum atomic E-state index is 12.5. The molecule has 0 saturated carbocycles. The van der Waals surface area contributed by atoms with E-state index in [9.17, 15) is 8.42 Å². The van der Waals surface area contributed by atoms with Gasteiger partial charge in [-0.3, -0.25) is 0 Å². The number of halogens is 1. The van der Waals surface area contributed by atoms with Crippen LogP contribution in [0.25, 0.3) is 0 Å². The Bertz CT molecular complexity index is 544. The van der Waals surface area contributed by atoms with Crippen molar-refractivity contribution in [3.8, 4) is 0 Å². The van der Waals surface area contributed by atoms with Crippen LogP contribution < -0.4 is 0 Å². The molecule has 2 rings (SSSR count). The van der Waals surface area contributed by atoms with Gasteiger partial charge in [0.15, 0.2) is 0 Å². The number of rotatable bonds is 3. The molecule has 1 aliphatic rings. The van der Waals surface area contributed by atoms with Crippen LogP contribution in [-0.2, 0) is 10.0 Å². The summed E-state index contributed by atoms with van der Waals surface area (Å²) in [6.45, 7) is 2.62. The Morgan fingerprint density at radius 3 is 2.83 bits per heavy atom. The maximum absolute atomic E-state index is 12.5. The third-order valence-electron chi connectivity index (χ3n) is 3.27. The molecule has 1 atom stereocenters. The van der Waals surface area contributed by atoms with Crippen LogP contribution in [0.2, 0.25) is 5.02 Å². The van der Waals surface area contributed by atoms with Crippen LogP contribution in [0, 0.1) is 12.8 Å². The summed E-state index contributed by atoms with van der Waals surface area (Å²) in [5, 5.41) is 9.49. The summed E-state index contributed by atoms with van der Waals surface area (Å²) in [5.41, 5.74) is 0.687. The fraction of sp³-hybridized carbons (Fsp3) is 0.500. The van der Waals surface area contributed by atoms with E-state index in [1.54, 1.807) is 19.1 Å². The first-order chi connectivity index (χ1) is 8.45. The largest absolute Gasteiger partial charge is 0.396 e. The van der Waals surface area contributed by atoms with Gasteiger partial charge in [0.05, 0.1) is 4.90 Å². The Labute approximate surface area is 112 Å². The smallest absolute Gasteiger partial charge is 0.243 e. The van der Waals surface area contributed by atoms with Crippen molar-refractivity contribution in [3.05, 3.63) is 28.8 Å². The SMILES string of the molecule is Cc1ccc(Cl)cc1S(=O)(=O)N1CCC(CO)C1. The standard InChI is InChI=1S/C12H16ClNO3S/c1-9-2-3-11(13)6-12(9)18(16,17)14-5-4-10(7-14)8-15/h2-3,6,10,15H,4-5,7-8H2,1H3. The van der Waals surface area contributed by atoms with Gasteiger partial charge < -0.3 is 5.11 Å². The Hall–Kier alpha value is -0.620. The molecule has 0 bridgehead atoms. The van der Waals surface area contributed by atoms with E-state index in [1.165, 1.54) is 10.4 Å². The van der Waals surface area contributed by atoms with Gasteiger partial charge in [-0.15, -0.1) is 0 Å².